The van der Waals surface area contributed by atoms with Crippen LogP contribution in [0.25, 0.3) is 0 Å². The summed E-state index contributed by atoms with van der Waals surface area (Å²) in [7, 11) is -2.46. The zero-order chi connectivity index (χ0) is 13.3. The fourth-order valence-electron chi connectivity index (χ4n) is 1.39. The van der Waals surface area contributed by atoms with Gasteiger partial charge >= 0.3 is 0 Å². The van der Waals surface area contributed by atoms with Crippen molar-refractivity contribution in [2.45, 2.75) is 4.90 Å². The topological polar surface area (TPSA) is 90.0 Å². The quantitative estimate of drug-likeness (QED) is 0.812. The summed E-state index contributed by atoms with van der Waals surface area (Å²) in [5.74, 6) is -0.629. The summed E-state index contributed by atoms with van der Waals surface area (Å²) in [4.78, 5) is -0.497. The number of hydrogen-bond acceptors (Lipinski definition) is 4. The summed E-state index contributed by atoms with van der Waals surface area (Å²) >= 11 is 0. The van der Waals surface area contributed by atoms with Crippen LogP contribution in [0.4, 0.5) is 15.9 Å². The zero-order valence-electron chi connectivity index (χ0n) is 9.46. The molecule has 0 aliphatic rings. The smallest absolute Gasteiger partial charge is 0.266 e. The first-order valence-electron chi connectivity index (χ1n) is 4.96. The predicted octanol–water partition coefficient (Wildman–Crippen LogP) is 0.942. The van der Waals surface area contributed by atoms with Crippen molar-refractivity contribution in [3.63, 3.8) is 0 Å². The van der Waals surface area contributed by atoms with Gasteiger partial charge in [-0.15, -0.1) is 0 Å². The van der Waals surface area contributed by atoms with E-state index in [0.717, 1.165) is 12.1 Å². The van der Waals surface area contributed by atoms with Crippen molar-refractivity contribution >= 4 is 21.5 Å². The first kappa shape index (κ1) is 12.4. The molecule has 0 saturated heterocycles. The Hall–Kier alpha value is -2.09. The number of sulfonamides is 1. The minimum atomic E-state index is -4.02. The van der Waals surface area contributed by atoms with Crippen LogP contribution in [0.2, 0.25) is 0 Å². The molecule has 0 bridgehead atoms. The van der Waals surface area contributed by atoms with Gasteiger partial charge < -0.3 is 5.73 Å². The van der Waals surface area contributed by atoms with E-state index in [1.54, 1.807) is 7.05 Å². The summed E-state index contributed by atoms with van der Waals surface area (Å²) < 4.78 is 41.0. The summed E-state index contributed by atoms with van der Waals surface area (Å²) in [5.41, 5.74) is 5.62. The van der Waals surface area contributed by atoms with Crippen molar-refractivity contribution < 1.29 is 12.8 Å². The molecule has 18 heavy (non-hydrogen) atoms. The summed E-state index contributed by atoms with van der Waals surface area (Å²) in [6.07, 6.45) is 1.42. The predicted molar refractivity (Wildman–Crippen MR) is 64.8 cm³/mol. The number of halogens is 1. The highest BCUT2D eigenvalue weighted by atomic mass is 32.2. The van der Waals surface area contributed by atoms with Gasteiger partial charge in [-0.1, -0.05) is 0 Å². The van der Waals surface area contributed by atoms with Crippen LogP contribution < -0.4 is 10.5 Å². The number of nitrogens with two attached hydrogens (primary N) is 1. The van der Waals surface area contributed by atoms with Crippen molar-refractivity contribution in [2.75, 3.05) is 10.5 Å². The van der Waals surface area contributed by atoms with E-state index in [1.165, 1.54) is 23.0 Å². The molecule has 1 aromatic heterocycles. The Labute approximate surface area is 103 Å². The molecule has 0 radical (unpaired) electrons. The molecule has 0 amide bonds. The number of benzene rings is 1. The second-order valence-electron chi connectivity index (χ2n) is 3.64. The first-order valence-corrected chi connectivity index (χ1v) is 6.44. The van der Waals surface area contributed by atoms with Gasteiger partial charge in [0.1, 0.15) is 16.5 Å². The van der Waals surface area contributed by atoms with Crippen molar-refractivity contribution in [1.29, 1.82) is 0 Å². The third-order valence-corrected chi connectivity index (χ3v) is 3.67. The Morgan fingerprint density at radius 2 is 2.11 bits per heavy atom. The average Bonchev–Trinajstić information content (AvgIpc) is 2.67. The second-order valence-corrected chi connectivity index (χ2v) is 5.29. The van der Waals surface area contributed by atoms with Crippen LogP contribution >= 0.6 is 0 Å². The van der Waals surface area contributed by atoms with Crippen LogP contribution in [0.1, 0.15) is 0 Å². The maximum Gasteiger partial charge on any atom is 0.266 e. The van der Waals surface area contributed by atoms with Gasteiger partial charge in [-0.2, -0.15) is 5.10 Å². The third kappa shape index (κ3) is 2.28. The van der Waals surface area contributed by atoms with Crippen molar-refractivity contribution in [1.82, 2.24) is 9.78 Å². The highest BCUT2D eigenvalue weighted by molar-refractivity contribution is 7.92. The Bertz CT molecular complexity index is 681. The number of anilines is 2. The van der Waals surface area contributed by atoms with Gasteiger partial charge in [0.15, 0.2) is 0 Å². The van der Waals surface area contributed by atoms with E-state index >= 15 is 0 Å². The molecular weight excluding hydrogens is 259 g/mol. The highest BCUT2D eigenvalue weighted by Gasteiger charge is 2.20. The minimum absolute atomic E-state index is 0.168. The molecule has 1 heterocycles. The van der Waals surface area contributed by atoms with E-state index in [0.29, 0.717) is 0 Å². The molecule has 2 aromatic rings. The van der Waals surface area contributed by atoms with Gasteiger partial charge in [0.2, 0.25) is 0 Å². The molecule has 0 fully saturated rings. The number of aromatic nitrogens is 2. The molecule has 0 aliphatic carbocycles. The number of aryl methyl sites for hydroxylation is 1. The molecule has 0 spiro atoms. The monoisotopic (exact) mass is 270 g/mol. The summed E-state index contributed by atoms with van der Waals surface area (Å²) in [5, 5.41) is 3.81. The lowest BCUT2D eigenvalue weighted by atomic mass is 10.3. The van der Waals surface area contributed by atoms with E-state index in [-0.39, 0.29) is 11.5 Å². The Morgan fingerprint density at radius 3 is 2.72 bits per heavy atom. The Morgan fingerprint density at radius 1 is 1.39 bits per heavy atom. The van der Waals surface area contributed by atoms with E-state index in [1.807, 2.05) is 0 Å². The minimum Gasteiger partial charge on any atom is -0.399 e. The van der Waals surface area contributed by atoms with Crippen molar-refractivity contribution in [3.8, 4) is 0 Å². The van der Waals surface area contributed by atoms with Crippen LogP contribution in [-0.2, 0) is 17.1 Å². The van der Waals surface area contributed by atoms with Crippen LogP contribution in [0.3, 0.4) is 0 Å². The normalized spacial score (nSPS) is 11.4. The molecule has 2 rings (SSSR count). The number of nitrogens with zero attached hydrogens (tertiary/aromatic N) is 2. The molecule has 1 aromatic carbocycles. The first-order chi connectivity index (χ1) is 8.40. The zero-order valence-corrected chi connectivity index (χ0v) is 10.3. The molecule has 6 nitrogen and oxygen atoms in total. The largest absolute Gasteiger partial charge is 0.399 e. The lowest BCUT2D eigenvalue weighted by Gasteiger charge is -2.09. The second kappa shape index (κ2) is 4.30. The fourth-order valence-corrected chi connectivity index (χ4v) is 2.59. The van der Waals surface area contributed by atoms with Crippen LogP contribution in [-0.4, -0.2) is 18.2 Å². The van der Waals surface area contributed by atoms with Crippen LogP contribution in [0.15, 0.2) is 35.4 Å². The standard InChI is InChI=1S/C10H11FN4O2S/c1-15-10(4-5-13-15)14-18(16,17)9-6-7(12)2-3-8(9)11/h2-6,14H,12H2,1H3. The van der Waals surface area contributed by atoms with Crippen molar-refractivity contribution in [3.05, 3.63) is 36.3 Å². The lowest BCUT2D eigenvalue weighted by Crippen LogP contribution is -2.17. The molecule has 0 atom stereocenters. The van der Waals surface area contributed by atoms with E-state index in [4.69, 9.17) is 5.73 Å². The maximum absolute atomic E-state index is 13.5. The molecule has 3 N–H and O–H groups in total. The number of rotatable bonds is 3. The van der Waals surface area contributed by atoms with Crippen LogP contribution in [0.5, 0.6) is 0 Å². The number of nitrogens with one attached hydrogen (secondary N) is 1. The third-order valence-electron chi connectivity index (χ3n) is 2.30. The van der Waals surface area contributed by atoms with Crippen LogP contribution in [0, 0.1) is 5.82 Å². The molecule has 0 unspecified atom stereocenters. The number of nitrogen functional groups attached to an aromatic ring is 1. The van der Waals surface area contributed by atoms with E-state index < -0.39 is 20.7 Å². The molecule has 96 valence electrons. The van der Waals surface area contributed by atoms with Crippen molar-refractivity contribution in [2.24, 2.45) is 7.05 Å². The molecule has 0 aliphatic heterocycles. The van der Waals surface area contributed by atoms with Gasteiger partial charge in [0.25, 0.3) is 10.0 Å². The van der Waals surface area contributed by atoms with Gasteiger partial charge in [-0.05, 0) is 18.2 Å². The molecular formula is C10H11FN4O2S. The van der Waals surface area contributed by atoms with Gasteiger partial charge in [0.05, 0.1) is 6.20 Å². The Kier molecular flexibility index (Phi) is 2.95. The number of hydrogen-bond donors (Lipinski definition) is 2. The van der Waals surface area contributed by atoms with E-state index in [9.17, 15) is 12.8 Å². The lowest BCUT2D eigenvalue weighted by molar-refractivity contribution is 0.570. The highest BCUT2D eigenvalue weighted by Crippen LogP contribution is 2.20. The fraction of sp³-hybridized carbons (Fsp3) is 0.100. The Balaban J connectivity index is 2.43. The van der Waals surface area contributed by atoms with Gasteiger partial charge in [-0.3, -0.25) is 9.40 Å². The van der Waals surface area contributed by atoms with E-state index in [2.05, 4.69) is 9.82 Å². The van der Waals surface area contributed by atoms with Gasteiger partial charge in [-0.25, -0.2) is 12.8 Å². The maximum atomic E-state index is 13.5. The van der Waals surface area contributed by atoms with Gasteiger partial charge in [0, 0.05) is 18.8 Å². The molecule has 8 heteroatoms. The summed E-state index contributed by atoms with van der Waals surface area (Å²) in [6.45, 7) is 0. The SMILES string of the molecule is Cn1nccc1NS(=O)(=O)c1cc(N)ccc1F. The summed E-state index contributed by atoms with van der Waals surface area (Å²) in [6, 6.07) is 4.82. The molecule has 0 saturated carbocycles. The average molecular weight is 270 g/mol.